The van der Waals surface area contributed by atoms with E-state index in [0.29, 0.717) is 25.2 Å². The van der Waals surface area contributed by atoms with Crippen LogP contribution in [0.15, 0.2) is 16.1 Å². The lowest BCUT2D eigenvalue weighted by atomic mass is 9.73. The maximum atomic E-state index is 15.0. The molecule has 55 heavy (non-hydrogen) atoms. The van der Waals surface area contributed by atoms with E-state index in [9.17, 15) is 10.3 Å². The molecule has 0 spiro atoms. The van der Waals surface area contributed by atoms with Gasteiger partial charge in [0.05, 0.1) is 48.6 Å². The summed E-state index contributed by atoms with van der Waals surface area (Å²) >= 11 is 2.20. The minimum Gasteiger partial charge on any atom is -0.458 e. The van der Waals surface area contributed by atoms with Gasteiger partial charge < -0.3 is 13.6 Å². The van der Waals surface area contributed by atoms with Crippen molar-refractivity contribution < 1.29 is 36.6 Å². The van der Waals surface area contributed by atoms with Crippen LogP contribution in [0.2, 0.25) is 36.3 Å². The molecule has 1 aliphatic heterocycles. The number of hydrogen-bond acceptors (Lipinski definition) is 12. The number of carbonyl (C=O) groups is 2. The summed E-state index contributed by atoms with van der Waals surface area (Å²) in [5, 5.41) is 7.06. The molecule has 16 heteroatoms. The summed E-state index contributed by atoms with van der Waals surface area (Å²) in [5.74, 6) is -0.879. The first kappa shape index (κ1) is 49.5. The SMILES string of the molecule is CC[Si](CC)(CC)O[C@H]1[C@@H](C)CCC[C@H](OSOOC)[C@@H](N=[N+]=[N-])C[C@@H](/C(C)=C/c2csc(C)n2)OC(=O)C[C@H](O[Si](CC)(CC)CC)C(C)(C)C(=O)[C@@H]1C. The van der Waals surface area contributed by atoms with Gasteiger partial charge in [-0.15, -0.1) is 15.7 Å². The van der Waals surface area contributed by atoms with Crippen LogP contribution in [-0.4, -0.2) is 70.9 Å². The molecule has 12 nitrogen and oxygen atoms in total. The Morgan fingerprint density at radius 3 is 2.18 bits per heavy atom. The highest BCUT2D eigenvalue weighted by atomic mass is 32.2. The van der Waals surface area contributed by atoms with Gasteiger partial charge >= 0.3 is 5.97 Å². The smallest absolute Gasteiger partial charge is 0.309 e. The number of azide groups is 1. The molecule has 0 amide bonds. The van der Waals surface area contributed by atoms with E-state index < -0.39 is 58.3 Å². The second kappa shape index (κ2) is 23.7. The Kier molecular flexibility index (Phi) is 21.4. The molecule has 0 N–H and O–H groups in total. The zero-order chi connectivity index (χ0) is 41.4. The molecule has 1 fully saturated rings. The minimum atomic E-state index is -2.32. The molecule has 1 aromatic heterocycles. The van der Waals surface area contributed by atoms with Gasteiger partial charge in [-0.3, -0.25) is 13.8 Å². The van der Waals surface area contributed by atoms with Gasteiger partial charge in [0.25, 0.3) is 0 Å². The third-order valence-corrected chi connectivity index (χ3v) is 22.8. The van der Waals surface area contributed by atoms with E-state index in [2.05, 4.69) is 63.5 Å². The Morgan fingerprint density at radius 2 is 1.65 bits per heavy atom. The second-order valence-corrected chi connectivity index (χ2v) is 26.7. The molecule has 7 atom stereocenters. The molecular formula is C39H70N4O8S2Si2. The summed E-state index contributed by atoms with van der Waals surface area (Å²) in [6, 6.07) is 4.74. The maximum absolute atomic E-state index is 15.0. The highest BCUT2D eigenvalue weighted by molar-refractivity contribution is 7.89. The summed E-state index contributed by atoms with van der Waals surface area (Å²) in [6.07, 6.45) is 1.46. The summed E-state index contributed by atoms with van der Waals surface area (Å²) in [7, 11) is -3.08. The molecule has 2 heterocycles. The number of aryl methyl sites for hydroxylation is 1. The predicted molar refractivity (Wildman–Crippen MR) is 228 cm³/mol. The van der Waals surface area contributed by atoms with Crippen molar-refractivity contribution in [1.29, 1.82) is 0 Å². The number of thiazole rings is 1. The van der Waals surface area contributed by atoms with Crippen molar-refractivity contribution in [2.24, 2.45) is 22.4 Å². The van der Waals surface area contributed by atoms with Crippen LogP contribution < -0.4 is 0 Å². The topological polar surface area (TPSA) is 151 Å². The third kappa shape index (κ3) is 14.0. The van der Waals surface area contributed by atoms with E-state index in [-0.39, 0.29) is 30.6 Å². The lowest BCUT2D eigenvalue weighted by Gasteiger charge is -2.44. The van der Waals surface area contributed by atoms with Gasteiger partial charge in [0.1, 0.15) is 11.9 Å². The summed E-state index contributed by atoms with van der Waals surface area (Å²) in [6.45, 7) is 24.9. The normalized spacial score (nSPS) is 26.7. The Hall–Kier alpha value is -1.60. The molecule has 0 radical (unpaired) electrons. The zero-order valence-corrected chi connectivity index (χ0v) is 39.5. The molecule has 0 aromatic carbocycles. The minimum absolute atomic E-state index is 0.0276. The molecule has 2 rings (SSSR count). The van der Waals surface area contributed by atoms with E-state index >= 15 is 4.79 Å². The van der Waals surface area contributed by atoms with Crippen LogP contribution in [0.1, 0.15) is 119 Å². The Balaban J connectivity index is 2.81. The van der Waals surface area contributed by atoms with Crippen molar-refractivity contribution in [2.45, 2.75) is 182 Å². The van der Waals surface area contributed by atoms with Crippen LogP contribution in [0.3, 0.4) is 0 Å². The first-order valence-corrected chi connectivity index (χ1v) is 26.9. The first-order chi connectivity index (χ1) is 26.0. The van der Waals surface area contributed by atoms with E-state index in [4.69, 9.17) is 27.0 Å². The number of ketones is 1. The maximum Gasteiger partial charge on any atom is 0.309 e. The average molecular weight is 843 g/mol. The number of ether oxygens (including phenoxy) is 1. The number of carbonyl (C=O) groups excluding carboxylic acids is 2. The van der Waals surface area contributed by atoms with Crippen molar-refractivity contribution in [3.63, 3.8) is 0 Å². The summed E-state index contributed by atoms with van der Waals surface area (Å²) < 4.78 is 31.8. The molecule has 314 valence electrons. The van der Waals surface area contributed by atoms with E-state index in [1.165, 1.54) is 18.4 Å². The van der Waals surface area contributed by atoms with Crippen LogP contribution >= 0.6 is 23.7 Å². The standard InChI is InChI=1S/C39H70N4O8S2Si2/c1-14-54(15-2,16-3)49-35-25-36(44)47-34(28(8)23-31-26-52-30(10)41-31)24-32(42-43-40)33(48-53-51-46-13)22-20-21-27(7)37(29(9)38(45)39(35,11)12)50-55(17-4,18-5)19-6/h23,26-27,29,32-35,37H,14-22,24-25H2,1-13H3/b28-23+/t27-,29+,32-,33-,34-,35-,37-/m0/s1. The Bertz CT molecular complexity index is 1400. The van der Waals surface area contributed by atoms with Crippen LogP contribution in [0.4, 0.5) is 0 Å². The van der Waals surface area contributed by atoms with Crippen molar-refractivity contribution >= 4 is 58.1 Å². The van der Waals surface area contributed by atoms with Gasteiger partial charge in [0, 0.05) is 21.6 Å². The lowest BCUT2D eigenvalue weighted by Crippen LogP contribution is -2.53. The average Bonchev–Trinajstić information content (AvgIpc) is 3.58. The molecule has 0 saturated carbocycles. The van der Waals surface area contributed by atoms with Gasteiger partial charge in [0.15, 0.2) is 29.0 Å². The van der Waals surface area contributed by atoms with E-state index in [1.807, 2.05) is 46.1 Å². The lowest BCUT2D eigenvalue weighted by molar-refractivity contribution is -0.168. The number of Topliss-reactive ketones (excluding diaryl/α,β-unsaturated/α-hetero) is 1. The van der Waals surface area contributed by atoms with Crippen LogP contribution in [0.25, 0.3) is 16.5 Å². The Morgan fingerprint density at radius 1 is 1.05 bits per heavy atom. The molecule has 1 aliphatic rings. The molecule has 1 saturated heterocycles. The fourth-order valence-corrected chi connectivity index (χ4v) is 14.8. The van der Waals surface area contributed by atoms with Gasteiger partial charge in [-0.05, 0) is 92.5 Å². The molecule has 1 aromatic rings. The zero-order valence-electron chi connectivity index (χ0n) is 35.8. The number of rotatable bonds is 17. The fourth-order valence-electron chi connectivity index (χ4n) is 7.86. The fraction of sp³-hybridized carbons (Fsp3) is 0.821. The molecule has 0 bridgehead atoms. The first-order valence-electron chi connectivity index (χ1n) is 20.3. The quantitative estimate of drug-likeness (QED) is 0.0170. The van der Waals surface area contributed by atoms with Crippen molar-refractivity contribution in [2.75, 3.05) is 7.11 Å². The summed E-state index contributed by atoms with van der Waals surface area (Å²) in [4.78, 5) is 41.9. The third-order valence-electron chi connectivity index (χ3n) is 12.2. The van der Waals surface area contributed by atoms with Crippen LogP contribution in [-0.2, 0) is 36.6 Å². The number of cyclic esters (lactones) is 1. The van der Waals surface area contributed by atoms with Crippen molar-refractivity contribution in [1.82, 2.24) is 4.98 Å². The molecule has 0 unspecified atom stereocenters. The highest BCUT2D eigenvalue weighted by Crippen LogP contribution is 2.40. The molecular weight excluding hydrogens is 773 g/mol. The highest BCUT2D eigenvalue weighted by Gasteiger charge is 2.48. The van der Waals surface area contributed by atoms with Gasteiger partial charge in [0.2, 0.25) is 0 Å². The number of nitrogens with zero attached hydrogens (tertiary/aromatic N) is 4. The molecule has 0 aliphatic carbocycles. The second-order valence-electron chi connectivity index (χ2n) is 15.8. The monoisotopic (exact) mass is 842 g/mol. The van der Waals surface area contributed by atoms with Crippen molar-refractivity contribution in [3.8, 4) is 0 Å². The number of hydrogen-bond donors (Lipinski definition) is 0. The summed E-state index contributed by atoms with van der Waals surface area (Å²) in [5.41, 5.74) is 10.3. The van der Waals surface area contributed by atoms with Crippen molar-refractivity contribution in [3.05, 3.63) is 32.1 Å². The van der Waals surface area contributed by atoms with E-state index in [0.717, 1.165) is 59.0 Å². The Labute approximate surface area is 341 Å². The van der Waals surface area contributed by atoms with Gasteiger partial charge in [-0.1, -0.05) is 80.8 Å². The van der Waals surface area contributed by atoms with Crippen LogP contribution in [0, 0.1) is 24.2 Å². The largest absolute Gasteiger partial charge is 0.458 e. The number of aromatic nitrogens is 1. The van der Waals surface area contributed by atoms with E-state index in [1.54, 1.807) is 0 Å². The van der Waals surface area contributed by atoms with Gasteiger partial charge in [-0.2, -0.15) is 0 Å². The van der Waals surface area contributed by atoms with Gasteiger partial charge in [-0.25, -0.2) is 9.87 Å². The number of esters is 1. The predicted octanol–water partition coefficient (Wildman–Crippen LogP) is 11.6. The van der Waals surface area contributed by atoms with Crippen LogP contribution in [0.5, 0.6) is 0 Å².